The molecule has 2 heteroatoms. The second-order valence-corrected chi connectivity index (χ2v) is 12.7. The zero-order valence-electron chi connectivity index (χ0n) is 24.7. The van der Waals surface area contributed by atoms with Gasteiger partial charge in [0.2, 0.25) is 5.91 Å². The lowest BCUT2D eigenvalue weighted by Crippen LogP contribution is -2.61. The molecule has 0 radical (unpaired) electrons. The lowest BCUT2D eigenvalue weighted by Gasteiger charge is -2.62. The molecular formula is C32H59NO. The number of carbonyl (C=O) groups is 1. The third kappa shape index (κ3) is 5.17. The van der Waals surface area contributed by atoms with Crippen LogP contribution in [0.25, 0.3) is 0 Å². The van der Waals surface area contributed by atoms with Gasteiger partial charge in [-0.3, -0.25) is 4.79 Å². The van der Waals surface area contributed by atoms with Gasteiger partial charge in [0.15, 0.2) is 0 Å². The summed E-state index contributed by atoms with van der Waals surface area (Å²) in [6.07, 6.45) is 12.6. The summed E-state index contributed by atoms with van der Waals surface area (Å²) < 4.78 is 0. The van der Waals surface area contributed by atoms with Gasteiger partial charge in [0.05, 0.1) is 0 Å². The summed E-state index contributed by atoms with van der Waals surface area (Å²) in [6.45, 7) is 25.1. The molecule has 2 nitrogen and oxygen atoms in total. The van der Waals surface area contributed by atoms with E-state index < -0.39 is 0 Å². The van der Waals surface area contributed by atoms with Crippen LogP contribution in [-0.2, 0) is 4.79 Å². The minimum Gasteiger partial charge on any atom is -0.342 e. The van der Waals surface area contributed by atoms with Crippen molar-refractivity contribution in [2.45, 2.75) is 133 Å². The number of rotatable bonds is 5. The van der Waals surface area contributed by atoms with Crippen molar-refractivity contribution in [2.75, 3.05) is 7.05 Å². The maximum absolute atomic E-state index is 12.4. The number of carbonyl (C=O) groups excluding carboxylic acids is 1. The molecule has 0 N–H and O–H groups in total. The van der Waals surface area contributed by atoms with E-state index in [2.05, 4.69) is 53.1 Å². The van der Waals surface area contributed by atoms with Gasteiger partial charge in [-0.15, -0.1) is 0 Å². The SMILES string of the molecule is C=C1CC2N(C)C(=O)CC[C@]2(C)C2CC[C@]3(C)C(C(C)CCCC(C)C)CCC3C12.CC.CC. The van der Waals surface area contributed by atoms with E-state index in [0.717, 1.165) is 48.9 Å². The summed E-state index contributed by atoms with van der Waals surface area (Å²) >= 11 is 0. The lowest BCUT2D eigenvalue weighted by atomic mass is 9.45. The number of fused-ring (bicyclic) bond motifs is 5. The Morgan fingerprint density at radius 3 is 2.18 bits per heavy atom. The van der Waals surface area contributed by atoms with Crippen molar-refractivity contribution in [3.8, 4) is 0 Å². The van der Waals surface area contributed by atoms with E-state index in [1.165, 1.54) is 50.5 Å². The first-order valence-electron chi connectivity index (χ1n) is 15.0. The smallest absolute Gasteiger partial charge is 0.222 e. The van der Waals surface area contributed by atoms with Crippen molar-refractivity contribution in [3.63, 3.8) is 0 Å². The Morgan fingerprint density at radius 2 is 1.56 bits per heavy atom. The highest BCUT2D eigenvalue weighted by molar-refractivity contribution is 5.77. The van der Waals surface area contributed by atoms with E-state index in [9.17, 15) is 4.79 Å². The quantitative estimate of drug-likeness (QED) is 0.364. The lowest BCUT2D eigenvalue weighted by molar-refractivity contribution is -0.152. The van der Waals surface area contributed by atoms with Crippen LogP contribution in [0.15, 0.2) is 12.2 Å². The van der Waals surface area contributed by atoms with E-state index in [1.807, 2.05) is 27.7 Å². The minimum absolute atomic E-state index is 0.289. The number of likely N-dealkylation sites (tertiary alicyclic amines) is 1. The first kappa shape index (κ1) is 29.4. The first-order chi connectivity index (χ1) is 16.1. The van der Waals surface area contributed by atoms with Crippen LogP contribution in [0.4, 0.5) is 0 Å². The van der Waals surface area contributed by atoms with Crippen molar-refractivity contribution >= 4 is 5.91 Å². The topological polar surface area (TPSA) is 20.3 Å². The molecule has 3 saturated carbocycles. The number of hydrogen-bond acceptors (Lipinski definition) is 1. The third-order valence-electron chi connectivity index (χ3n) is 10.7. The van der Waals surface area contributed by atoms with Gasteiger partial charge < -0.3 is 4.90 Å². The zero-order valence-corrected chi connectivity index (χ0v) is 24.7. The van der Waals surface area contributed by atoms with E-state index in [0.29, 0.717) is 23.3 Å². The average molecular weight is 474 g/mol. The van der Waals surface area contributed by atoms with Gasteiger partial charge in [0, 0.05) is 19.5 Å². The molecule has 8 atom stereocenters. The number of nitrogens with zero attached hydrogens (tertiary/aromatic N) is 1. The fraction of sp³-hybridized carbons (Fsp3) is 0.906. The Morgan fingerprint density at radius 1 is 0.941 bits per heavy atom. The van der Waals surface area contributed by atoms with Crippen LogP contribution in [0.5, 0.6) is 0 Å². The fourth-order valence-corrected chi connectivity index (χ4v) is 9.00. The number of piperidine rings is 1. The van der Waals surface area contributed by atoms with Crippen molar-refractivity contribution in [1.82, 2.24) is 4.90 Å². The highest BCUT2D eigenvalue weighted by Gasteiger charge is 2.62. The predicted molar refractivity (Wildman–Crippen MR) is 149 cm³/mol. The molecule has 1 aliphatic heterocycles. The van der Waals surface area contributed by atoms with Gasteiger partial charge >= 0.3 is 0 Å². The molecule has 0 aromatic heterocycles. The number of amides is 1. The van der Waals surface area contributed by atoms with E-state index in [1.54, 1.807) is 0 Å². The molecular weight excluding hydrogens is 414 g/mol. The molecule has 0 aromatic rings. The molecule has 4 aliphatic rings. The Bertz CT molecular complexity index is 682. The summed E-state index contributed by atoms with van der Waals surface area (Å²) in [4.78, 5) is 14.5. The van der Waals surface area contributed by atoms with Crippen LogP contribution in [0.3, 0.4) is 0 Å². The van der Waals surface area contributed by atoms with Crippen molar-refractivity contribution in [2.24, 2.45) is 46.3 Å². The normalized spacial score (nSPS) is 39.7. The summed E-state index contributed by atoms with van der Waals surface area (Å²) in [5.74, 6) is 5.17. The van der Waals surface area contributed by atoms with E-state index in [-0.39, 0.29) is 5.41 Å². The molecule has 0 aromatic carbocycles. The van der Waals surface area contributed by atoms with Crippen molar-refractivity contribution < 1.29 is 4.79 Å². The minimum atomic E-state index is 0.289. The molecule has 4 rings (SSSR count). The summed E-state index contributed by atoms with van der Waals surface area (Å²) in [6, 6.07) is 0.379. The average Bonchev–Trinajstić information content (AvgIpc) is 3.17. The molecule has 198 valence electrons. The highest BCUT2D eigenvalue weighted by atomic mass is 16.2. The number of hydrogen-bond donors (Lipinski definition) is 0. The zero-order chi connectivity index (χ0) is 25.8. The van der Waals surface area contributed by atoms with Crippen molar-refractivity contribution in [3.05, 3.63) is 12.2 Å². The summed E-state index contributed by atoms with van der Waals surface area (Å²) in [5, 5.41) is 0. The third-order valence-corrected chi connectivity index (χ3v) is 10.7. The first-order valence-corrected chi connectivity index (χ1v) is 15.0. The monoisotopic (exact) mass is 473 g/mol. The van der Waals surface area contributed by atoms with Crippen LogP contribution < -0.4 is 0 Å². The molecule has 6 unspecified atom stereocenters. The Kier molecular flexibility index (Phi) is 10.4. The maximum Gasteiger partial charge on any atom is 0.222 e. The van der Waals surface area contributed by atoms with Crippen molar-refractivity contribution in [1.29, 1.82) is 0 Å². The summed E-state index contributed by atoms with van der Waals surface area (Å²) in [7, 11) is 2.05. The molecule has 1 saturated heterocycles. The molecule has 0 bridgehead atoms. The van der Waals surface area contributed by atoms with Crippen LogP contribution in [0.2, 0.25) is 0 Å². The fourth-order valence-electron chi connectivity index (χ4n) is 9.00. The molecule has 4 fully saturated rings. The maximum atomic E-state index is 12.4. The highest BCUT2D eigenvalue weighted by Crippen LogP contribution is 2.68. The van der Waals surface area contributed by atoms with Crippen LogP contribution >= 0.6 is 0 Å². The Hall–Kier alpha value is -0.790. The van der Waals surface area contributed by atoms with Crippen LogP contribution in [0.1, 0.15) is 127 Å². The predicted octanol–water partition coefficient (Wildman–Crippen LogP) is 9.15. The van der Waals surface area contributed by atoms with Gasteiger partial charge in [-0.2, -0.15) is 0 Å². The van der Waals surface area contributed by atoms with E-state index in [4.69, 9.17) is 0 Å². The van der Waals surface area contributed by atoms with Gasteiger partial charge in [-0.1, -0.05) is 93.7 Å². The molecule has 0 spiro atoms. The second-order valence-electron chi connectivity index (χ2n) is 12.7. The van der Waals surface area contributed by atoms with Crippen LogP contribution in [0, 0.1) is 46.3 Å². The van der Waals surface area contributed by atoms with Gasteiger partial charge in [0.25, 0.3) is 0 Å². The second kappa shape index (κ2) is 12.0. The largest absolute Gasteiger partial charge is 0.342 e. The summed E-state index contributed by atoms with van der Waals surface area (Å²) in [5.41, 5.74) is 2.27. The van der Waals surface area contributed by atoms with Gasteiger partial charge in [-0.05, 0) is 84.9 Å². The van der Waals surface area contributed by atoms with Gasteiger partial charge in [-0.25, -0.2) is 0 Å². The Labute approximate surface area is 213 Å². The molecule has 1 heterocycles. The molecule has 34 heavy (non-hydrogen) atoms. The van der Waals surface area contributed by atoms with E-state index >= 15 is 0 Å². The van der Waals surface area contributed by atoms with Gasteiger partial charge in [0.1, 0.15) is 0 Å². The standard InChI is InChI=1S/C28H47NO.2C2H6/c1-18(2)9-8-10-19(3)21-11-12-22-26-20(4)17-24-28(6,16-14-25(30)29(24)7)23(26)13-15-27(21,22)5;2*1-2/h18-19,21-24,26H,4,8-17H2,1-3,5-7H3;2*1-2H3/t19?,21?,22?,23?,24?,26?,27-,28-;;/m1../s1. The Balaban J connectivity index is 0.000000970. The molecule has 3 aliphatic carbocycles. The molecule has 1 amide bonds. The van der Waals surface area contributed by atoms with Crippen LogP contribution in [-0.4, -0.2) is 23.9 Å².